The molecule has 1 aromatic heterocycles. The van der Waals surface area contributed by atoms with Crippen LogP contribution in [-0.2, 0) is 14.0 Å². The van der Waals surface area contributed by atoms with Gasteiger partial charge in [0.2, 0.25) is 0 Å². The van der Waals surface area contributed by atoms with Gasteiger partial charge in [-0.2, -0.15) is 0 Å². The quantitative estimate of drug-likeness (QED) is 0.733. The Kier molecular flexibility index (Phi) is 4.60. The van der Waals surface area contributed by atoms with Crippen molar-refractivity contribution in [2.75, 3.05) is 6.61 Å². The molecule has 0 radical (unpaired) electrons. The summed E-state index contributed by atoms with van der Waals surface area (Å²) in [6.07, 6.45) is 3.35. The first-order valence-electron chi connectivity index (χ1n) is 9.75. The molecule has 1 saturated heterocycles. The Hall–Kier alpha value is -1.51. The van der Waals surface area contributed by atoms with Crippen LogP contribution in [0.5, 0.6) is 0 Å². The van der Waals surface area contributed by atoms with Crippen molar-refractivity contribution in [3.05, 3.63) is 45.8 Å². The molecule has 2 fully saturated rings. The molecule has 2 aliphatic heterocycles. The Bertz CT molecular complexity index is 840. The minimum Gasteiger partial charge on any atom is -0.400 e. The van der Waals surface area contributed by atoms with E-state index in [0.717, 1.165) is 11.0 Å². The molecule has 1 saturated carbocycles. The second kappa shape index (κ2) is 6.50. The second-order valence-corrected chi connectivity index (χ2v) is 9.00. The van der Waals surface area contributed by atoms with E-state index in [4.69, 9.17) is 14.0 Å². The summed E-state index contributed by atoms with van der Waals surface area (Å²) in [5, 5.41) is 0. The highest BCUT2D eigenvalue weighted by Gasteiger charge is 2.52. The van der Waals surface area contributed by atoms with Gasteiger partial charge < -0.3 is 18.6 Å². The smallest absolute Gasteiger partial charge is 0.400 e. The van der Waals surface area contributed by atoms with Crippen LogP contribution in [0.2, 0.25) is 0 Å². The lowest BCUT2D eigenvalue weighted by Crippen LogP contribution is -2.41. The Morgan fingerprint density at radius 2 is 1.75 bits per heavy atom. The van der Waals surface area contributed by atoms with Gasteiger partial charge in [0.25, 0.3) is 11.5 Å². The second-order valence-electron chi connectivity index (χ2n) is 9.00. The van der Waals surface area contributed by atoms with E-state index >= 15 is 0 Å². The lowest BCUT2D eigenvalue weighted by atomic mass is 9.74. The van der Waals surface area contributed by atoms with Gasteiger partial charge in [0.15, 0.2) is 0 Å². The summed E-state index contributed by atoms with van der Waals surface area (Å²) in [5.41, 5.74) is 0.658. The van der Waals surface area contributed by atoms with E-state index in [1.165, 1.54) is 10.6 Å². The first-order valence-corrected chi connectivity index (χ1v) is 9.75. The van der Waals surface area contributed by atoms with E-state index in [-0.39, 0.29) is 24.5 Å². The highest BCUT2D eigenvalue weighted by molar-refractivity contribution is 6.54. The number of nitrogens with zero attached hydrogens (tertiary/aromatic N) is 1. The third-order valence-corrected chi connectivity index (χ3v) is 6.36. The average molecular weight is 393 g/mol. The topological polar surface area (TPSA) is 49.7 Å². The highest BCUT2D eigenvalue weighted by Crippen LogP contribution is 2.45. The monoisotopic (exact) mass is 393 g/mol. The third-order valence-electron chi connectivity index (χ3n) is 6.36. The standard InChI is InChI=1S/C20H26BF2NO4/c1-18(2)19(3,4)28-21(27-18)14-7-8-26-16(9-14)13-5-6-17(25)24(12-13)15-10-20(22,23)11-15/h5-6,9,12,15-16H,7-8,10-11H2,1-4H3. The van der Waals surface area contributed by atoms with Crippen molar-refractivity contribution in [2.45, 2.75) is 76.2 Å². The van der Waals surface area contributed by atoms with Crippen molar-refractivity contribution in [2.24, 2.45) is 0 Å². The zero-order valence-corrected chi connectivity index (χ0v) is 16.7. The van der Waals surface area contributed by atoms with Crippen molar-refractivity contribution in [1.82, 2.24) is 4.57 Å². The molecular formula is C20H26BF2NO4. The fraction of sp³-hybridized carbons (Fsp3) is 0.650. The van der Waals surface area contributed by atoms with Crippen LogP contribution < -0.4 is 5.56 Å². The molecule has 1 aliphatic carbocycles. The predicted molar refractivity (Wildman–Crippen MR) is 101 cm³/mol. The maximum absolute atomic E-state index is 13.2. The van der Waals surface area contributed by atoms with Crippen LogP contribution >= 0.6 is 0 Å². The van der Waals surface area contributed by atoms with Gasteiger partial charge in [0.1, 0.15) is 6.10 Å². The molecule has 1 unspecified atom stereocenters. The van der Waals surface area contributed by atoms with Gasteiger partial charge >= 0.3 is 7.12 Å². The van der Waals surface area contributed by atoms with E-state index < -0.39 is 30.3 Å². The van der Waals surface area contributed by atoms with Crippen LogP contribution in [0, 0.1) is 0 Å². The first kappa shape index (κ1) is 19.8. The summed E-state index contributed by atoms with van der Waals surface area (Å²) < 4.78 is 46.0. The zero-order valence-electron chi connectivity index (χ0n) is 16.7. The lowest BCUT2D eigenvalue weighted by Gasteiger charge is -2.36. The highest BCUT2D eigenvalue weighted by atomic mass is 19.3. The van der Waals surface area contributed by atoms with Crippen LogP contribution in [0.3, 0.4) is 0 Å². The van der Waals surface area contributed by atoms with Gasteiger partial charge in [-0.3, -0.25) is 4.79 Å². The van der Waals surface area contributed by atoms with Crippen molar-refractivity contribution in [3.8, 4) is 0 Å². The third kappa shape index (κ3) is 3.46. The molecule has 0 bridgehead atoms. The minimum absolute atomic E-state index is 0.268. The molecule has 0 N–H and O–H groups in total. The molecule has 0 spiro atoms. The van der Waals surface area contributed by atoms with E-state index in [2.05, 4.69) is 0 Å². The van der Waals surface area contributed by atoms with E-state index in [9.17, 15) is 13.6 Å². The number of alkyl halides is 2. The lowest BCUT2D eigenvalue weighted by molar-refractivity contribution is -0.105. The van der Waals surface area contributed by atoms with Gasteiger partial charge in [0.05, 0.1) is 17.8 Å². The summed E-state index contributed by atoms with van der Waals surface area (Å²) in [6.45, 7) is 8.54. The number of hydrogen-bond donors (Lipinski definition) is 0. The Morgan fingerprint density at radius 1 is 1.11 bits per heavy atom. The van der Waals surface area contributed by atoms with Crippen molar-refractivity contribution in [1.29, 1.82) is 0 Å². The van der Waals surface area contributed by atoms with Crippen LogP contribution in [-0.4, -0.2) is 35.4 Å². The molecule has 1 aromatic rings. The molecule has 3 aliphatic rings. The summed E-state index contributed by atoms with van der Waals surface area (Å²) in [4.78, 5) is 12.1. The van der Waals surface area contributed by atoms with Gasteiger partial charge in [0, 0.05) is 36.7 Å². The van der Waals surface area contributed by atoms with E-state index in [1.54, 1.807) is 12.3 Å². The summed E-state index contributed by atoms with van der Waals surface area (Å²) >= 11 is 0. The number of halogens is 2. The molecule has 0 amide bonds. The van der Waals surface area contributed by atoms with Crippen molar-refractivity contribution >= 4 is 7.12 Å². The van der Waals surface area contributed by atoms with Crippen LogP contribution in [0.25, 0.3) is 0 Å². The van der Waals surface area contributed by atoms with Crippen molar-refractivity contribution in [3.63, 3.8) is 0 Å². The van der Waals surface area contributed by atoms with Gasteiger partial charge in [-0.05, 0) is 45.7 Å². The Morgan fingerprint density at radius 3 is 2.36 bits per heavy atom. The number of pyridine rings is 1. The average Bonchev–Trinajstić information content (AvgIpc) is 2.81. The summed E-state index contributed by atoms with van der Waals surface area (Å²) in [7, 11) is -0.437. The first-order chi connectivity index (χ1) is 13.0. The number of aromatic nitrogens is 1. The van der Waals surface area contributed by atoms with Gasteiger partial charge in [-0.15, -0.1) is 0 Å². The Labute approximate surface area is 163 Å². The van der Waals surface area contributed by atoms with Crippen LogP contribution in [0.4, 0.5) is 8.78 Å². The molecule has 5 nitrogen and oxygen atoms in total. The minimum atomic E-state index is -2.68. The van der Waals surface area contributed by atoms with Crippen LogP contribution in [0.15, 0.2) is 34.7 Å². The Balaban J connectivity index is 1.57. The maximum Gasteiger partial charge on any atom is 0.490 e. The summed E-state index contributed by atoms with van der Waals surface area (Å²) in [6, 6.07) is 2.66. The summed E-state index contributed by atoms with van der Waals surface area (Å²) in [5.74, 6) is -2.68. The number of hydrogen-bond acceptors (Lipinski definition) is 4. The maximum atomic E-state index is 13.2. The molecule has 4 rings (SSSR count). The molecule has 152 valence electrons. The molecule has 1 atom stereocenters. The van der Waals surface area contributed by atoms with Gasteiger partial charge in [-0.1, -0.05) is 6.08 Å². The zero-order chi connectivity index (χ0) is 20.3. The SMILES string of the molecule is CC1(C)OB(C2=CC(c3ccc(=O)n(C4CC(F)(F)C4)c3)OCC2)OC1(C)C. The molecule has 3 heterocycles. The predicted octanol–water partition coefficient (Wildman–Crippen LogP) is 3.84. The fourth-order valence-corrected chi connectivity index (χ4v) is 3.81. The van der Waals surface area contributed by atoms with E-state index in [0.29, 0.717) is 13.0 Å². The molecular weight excluding hydrogens is 367 g/mol. The fourth-order valence-electron chi connectivity index (χ4n) is 3.81. The molecule has 28 heavy (non-hydrogen) atoms. The van der Waals surface area contributed by atoms with Crippen LogP contribution in [0.1, 0.15) is 64.7 Å². The molecule has 0 aromatic carbocycles. The number of ether oxygens (including phenoxy) is 1. The normalized spacial score (nSPS) is 28.7. The largest absolute Gasteiger partial charge is 0.490 e. The van der Waals surface area contributed by atoms with Crippen molar-refractivity contribution < 1.29 is 22.8 Å². The number of rotatable bonds is 3. The van der Waals surface area contributed by atoms with Gasteiger partial charge in [-0.25, -0.2) is 8.78 Å². The van der Waals surface area contributed by atoms with E-state index in [1.807, 2.05) is 33.8 Å². The molecule has 8 heteroatoms.